The largest absolute Gasteiger partial charge is 0.504 e. The van der Waals surface area contributed by atoms with E-state index >= 15 is 0 Å². The number of methoxy groups -OCH3 is 1. The van der Waals surface area contributed by atoms with Crippen molar-refractivity contribution in [2.24, 2.45) is 0 Å². The predicted molar refractivity (Wildman–Crippen MR) is 40.6 cm³/mol. The summed E-state index contributed by atoms with van der Waals surface area (Å²) < 4.78 is 9.41. The number of aliphatic hydroxyl groups excluding tert-OH is 4. The van der Waals surface area contributed by atoms with Crippen molar-refractivity contribution in [2.45, 2.75) is 18.3 Å². The molecule has 1 aliphatic heterocycles. The Morgan fingerprint density at radius 3 is 2.54 bits per heavy atom. The first-order valence-electron chi connectivity index (χ1n) is 3.72. The first-order valence-corrected chi connectivity index (χ1v) is 3.72. The maximum Gasteiger partial charge on any atom is 0.321 e. The molecular formula is C7H12O6. The lowest BCUT2D eigenvalue weighted by Gasteiger charge is -2.31. The minimum atomic E-state index is -1.49. The van der Waals surface area contributed by atoms with E-state index in [2.05, 4.69) is 4.74 Å². The van der Waals surface area contributed by atoms with Crippen LogP contribution in [0.4, 0.5) is 0 Å². The highest BCUT2D eigenvalue weighted by molar-refractivity contribution is 5.08. The van der Waals surface area contributed by atoms with Gasteiger partial charge in [0.05, 0.1) is 13.7 Å². The summed E-state index contributed by atoms with van der Waals surface area (Å²) in [6.45, 7) is -0.474. The Morgan fingerprint density at radius 1 is 1.46 bits per heavy atom. The third-order valence-corrected chi connectivity index (χ3v) is 1.82. The summed E-state index contributed by atoms with van der Waals surface area (Å²) in [6, 6.07) is 0. The fourth-order valence-electron chi connectivity index (χ4n) is 1.05. The predicted octanol–water partition coefficient (Wildman–Crippen LogP) is -1.53. The summed E-state index contributed by atoms with van der Waals surface area (Å²) in [6.07, 6.45) is -3.83. The molecule has 0 aliphatic carbocycles. The monoisotopic (exact) mass is 192 g/mol. The number of aliphatic hydroxyl groups is 4. The Bertz CT molecular complexity index is 213. The average Bonchev–Trinajstić information content (AvgIpc) is 2.15. The van der Waals surface area contributed by atoms with E-state index in [0.29, 0.717) is 0 Å². The Morgan fingerprint density at radius 2 is 2.08 bits per heavy atom. The molecule has 0 saturated carbocycles. The number of ether oxygens (including phenoxy) is 2. The minimum Gasteiger partial charge on any atom is -0.504 e. The van der Waals surface area contributed by atoms with Crippen molar-refractivity contribution in [3.63, 3.8) is 0 Å². The first-order chi connectivity index (χ1) is 6.11. The van der Waals surface area contributed by atoms with Crippen molar-refractivity contribution >= 4 is 0 Å². The Balaban J connectivity index is 2.86. The summed E-state index contributed by atoms with van der Waals surface area (Å²) >= 11 is 0. The molecule has 0 unspecified atom stereocenters. The van der Waals surface area contributed by atoms with Crippen LogP contribution in [0.1, 0.15) is 0 Å². The smallest absolute Gasteiger partial charge is 0.321 e. The first kappa shape index (κ1) is 10.1. The van der Waals surface area contributed by atoms with Crippen LogP contribution in [0.15, 0.2) is 11.7 Å². The number of hydrogen-bond acceptors (Lipinski definition) is 6. The molecule has 76 valence electrons. The molecule has 0 aromatic heterocycles. The Kier molecular flexibility index (Phi) is 2.97. The Labute approximate surface area is 74.6 Å². The van der Waals surface area contributed by atoms with Gasteiger partial charge in [0.1, 0.15) is 12.2 Å². The zero-order chi connectivity index (χ0) is 10.0. The Hall–Kier alpha value is -0.980. The lowest BCUT2D eigenvalue weighted by molar-refractivity contribution is -0.143. The van der Waals surface area contributed by atoms with Crippen LogP contribution in [0.25, 0.3) is 0 Å². The molecule has 0 aromatic rings. The minimum absolute atomic E-state index is 0.281. The molecule has 0 amide bonds. The molecule has 0 bridgehead atoms. The third-order valence-electron chi connectivity index (χ3n) is 1.82. The molecule has 1 heterocycles. The molecule has 0 radical (unpaired) electrons. The van der Waals surface area contributed by atoms with E-state index in [1.165, 1.54) is 7.11 Å². The van der Waals surface area contributed by atoms with Crippen LogP contribution < -0.4 is 0 Å². The van der Waals surface area contributed by atoms with Gasteiger partial charge in [-0.25, -0.2) is 0 Å². The van der Waals surface area contributed by atoms with E-state index < -0.39 is 30.7 Å². The van der Waals surface area contributed by atoms with Gasteiger partial charge in [-0.2, -0.15) is 0 Å². The molecule has 0 saturated heterocycles. The second-order valence-corrected chi connectivity index (χ2v) is 2.65. The molecule has 0 spiro atoms. The van der Waals surface area contributed by atoms with Crippen LogP contribution in [-0.2, 0) is 9.47 Å². The topological polar surface area (TPSA) is 99.4 Å². The van der Waals surface area contributed by atoms with Crippen LogP contribution in [0.3, 0.4) is 0 Å². The number of hydrogen-bond donors (Lipinski definition) is 4. The van der Waals surface area contributed by atoms with Gasteiger partial charge in [0.2, 0.25) is 5.76 Å². The molecule has 6 heteroatoms. The van der Waals surface area contributed by atoms with Gasteiger partial charge in [-0.15, -0.1) is 0 Å². The second-order valence-electron chi connectivity index (χ2n) is 2.65. The lowest BCUT2D eigenvalue weighted by Crippen LogP contribution is -2.46. The van der Waals surface area contributed by atoms with Crippen LogP contribution in [0, 0.1) is 0 Å². The van der Waals surface area contributed by atoms with Gasteiger partial charge in [-0.05, 0) is 0 Å². The van der Waals surface area contributed by atoms with Crippen molar-refractivity contribution in [1.29, 1.82) is 0 Å². The van der Waals surface area contributed by atoms with Gasteiger partial charge >= 0.3 is 5.95 Å². The van der Waals surface area contributed by atoms with E-state index in [9.17, 15) is 10.2 Å². The molecular weight excluding hydrogens is 180 g/mol. The second kappa shape index (κ2) is 3.82. The molecule has 0 fully saturated rings. The van der Waals surface area contributed by atoms with E-state index in [-0.39, 0.29) is 5.95 Å². The van der Waals surface area contributed by atoms with Gasteiger partial charge in [0.15, 0.2) is 6.10 Å². The van der Waals surface area contributed by atoms with E-state index in [1.54, 1.807) is 0 Å². The van der Waals surface area contributed by atoms with Crippen LogP contribution in [0.2, 0.25) is 0 Å². The molecule has 1 aliphatic rings. The standard InChI is InChI=1S/C7H12O6/c1-12-7-6(11)5(10)4(9)3(2-8)13-7/h3-5,8-11H,2H2,1H3/t3-,4-,5+/m1/s1. The molecule has 6 nitrogen and oxygen atoms in total. The molecule has 0 aromatic carbocycles. The zero-order valence-electron chi connectivity index (χ0n) is 7.04. The van der Waals surface area contributed by atoms with Crippen molar-refractivity contribution in [1.82, 2.24) is 0 Å². The van der Waals surface area contributed by atoms with E-state index in [4.69, 9.17) is 14.9 Å². The highest BCUT2D eigenvalue weighted by Crippen LogP contribution is 2.23. The van der Waals surface area contributed by atoms with Crippen molar-refractivity contribution in [2.75, 3.05) is 13.7 Å². The summed E-state index contributed by atoms with van der Waals surface area (Å²) in [4.78, 5) is 0. The maximum atomic E-state index is 9.24. The fraction of sp³-hybridized carbons (Fsp3) is 0.714. The molecule has 1 rings (SSSR count). The summed E-state index contributed by atoms with van der Waals surface area (Å²) in [7, 11) is 1.24. The van der Waals surface area contributed by atoms with Crippen molar-refractivity contribution in [3.8, 4) is 0 Å². The van der Waals surface area contributed by atoms with Gasteiger partial charge in [-0.1, -0.05) is 0 Å². The van der Waals surface area contributed by atoms with Crippen molar-refractivity contribution < 1.29 is 29.9 Å². The fourth-order valence-corrected chi connectivity index (χ4v) is 1.05. The molecule has 13 heavy (non-hydrogen) atoms. The molecule has 3 atom stereocenters. The van der Waals surface area contributed by atoms with Gasteiger partial charge in [0, 0.05) is 0 Å². The van der Waals surface area contributed by atoms with E-state index in [1.807, 2.05) is 0 Å². The lowest BCUT2D eigenvalue weighted by atomic mass is 10.1. The zero-order valence-corrected chi connectivity index (χ0v) is 7.04. The SMILES string of the molecule is COC1=C(O)[C@@H](O)[C@H](O)[C@@H](CO)O1. The van der Waals surface area contributed by atoms with E-state index in [0.717, 1.165) is 0 Å². The number of rotatable bonds is 2. The summed E-state index contributed by atoms with van der Waals surface area (Å²) in [5.74, 6) is -0.850. The normalized spacial score (nSPS) is 34.3. The highest BCUT2D eigenvalue weighted by Gasteiger charge is 2.38. The maximum absolute atomic E-state index is 9.24. The van der Waals surface area contributed by atoms with Gasteiger partial charge < -0.3 is 29.9 Å². The van der Waals surface area contributed by atoms with Crippen LogP contribution in [-0.4, -0.2) is 52.5 Å². The van der Waals surface area contributed by atoms with Crippen LogP contribution in [0.5, 0.6) is 0 Å². The van der Waals surface area contributed by atoms with Crippen molar-refractivity contribution in [3.05, 3.63) is 11.7 Å². The molecule has 4 N–H and O–H groups in total. The quantitative estimate of drug-likeness (QED) is 0.423. The average molecular weight is 192 g/mol. The van der Waals surface area contributed by atoms with Gasteiger partial charge in [-0.3, -0.25) is 0 Å². The summed E-state index contributed by atoms with van der Waals surface area (Å²) in [5, 5.41) is 36.3. The van der Waals surface area contributed by atoms with Gasteiger partial charge in [0.25, 0.3) is 0 Å². The highest BCUT2D eigenvalue weighted by atomic mass is 16.7. The summed E-state index contributed by atoms with van der Waals surface area (Å²) in [5.41, 5.74) is 0. The third kappa shape index (κ3) is 1.69. The van der Waals surface area contributed by atoms with Crippen LogP contribution >= 0.6 is 0 Å².